The van der Waals surface area contributed by atoms with Crippen molar-refractivity contribution in [1.29, 1.82) is 5.41 Å². The molecule has 0 unspecified atom stereocenters. The number of allylic oxidation sites excluding steroid dienone is 1. The molecule has 2 heteroatoms. The minimum Gasteiger partial charge on any atom is -0.282 e. The van der Waals surface area contributed by atoms with E-state index in [-0.39, 0.29) is 5.84 Å². The van der Waals surface area contributed by atoms with Gasteiger partial charge >= 0.3 is 0 Å². The Balaban J connectivity index is 1.12. The fraction of sp³-hybridized carbons (Fsp3) is 0. The Hall–Kier alpha value is -7.94. The van der Waals surface area contributed by atoms with E-state index in [0.717, 1.165) is 38.7 Å². The largest absolute Gasteiger partial charge is 0.282 e. The van der Waals surface area contributed by atoms with E-state index in [1.165, 1.54) is 70.6 Å². The van der Waals surface area contributed by atoms with Crippen molar-refractivity contribution in [3.05, 3.63) is 235 Å². The van der Waals surface area contributed by atoms with Gasteiger partial charge in [0.25, 0.3) is 0 Å². The van der Waals surface area contributed by atoms with Crippen LogP contribution in [0.25, 0.3) is 93.0 Å². The zero-order valence-electron chi connectivity index (χ0n) is 32.8. The van der Waals surface area contributed by atoms with Crippen LogP contribution in [-0.4, -0.2) is 11.5 Å². The Labute approximate surface area is 348 Å². The Morgan fingerprint density at radius 2 is 0.883 bits per heavy atom. The number of hydrogen-bond acceptors (Lipinski definition) is 1. The van der Waals surface area contributed by atoms with Crippen LogP contribution in [0, 0.1) is 5.41 Å². The maximum absolute atomic E-state index is 9.11. The summed E-state index contributed by atoms with van der Waals surface area (Å²) in [5.74, 6) is 0.216. The molecule has 280 valence electrons. The van der Waals surface area contributed by atoms with Gasteiger partial charge in [-0.15, -0.1) is 0 Å². The molecule has 0 heterocycles. The van der Waals surface area contributed by atoms with E-state index in [4.69, 9.17) is 10.4 Å². The van der Waals surface area contributed by atoms with Crippen molar-refractivity contribution in [1.82, 2.24) is 0 Å². The van der Waals surface area contributed by atoms with Crippen LogP contribution in [0.3, 0.4) is 0 Å². The number of fused-ring (bicyclic) bond motifs is 7. The van der Waals surface area contributed by atoms with Crippen molar-refractivity contribution < 1.29 is 0 Å². The third kappa shape index (κ3) is 6.06. The van der Waals surface area contributed by atoms with E-state index < -0.39 is 0 Å². The van der Waals surface area contributed by atoms with E-state index in [9.17, 15) is 0 Å². The maximum atomic E-state index is 9.11. The first-order valence-corrected chi connectivity index (χ1v) is 20.5. The number of nitrogens with one attached hydrogen (secondary N) is 1. The number of nitrogens with zero attached hydrogens (tertiary/aromatic N) is 1. The van der Waals surface area contributed by atoms with Gasteiger partial charge in [-0.1, -0.05) is 212 Å². The highest BCUT2D eigenvalue weighted by atomic mass is 14.8. The summed E-state index contributed by atoms with van der Waals surface area (Å²) in [7, 11) is 0. The molecule has 11 aromatic rings. The standard InChI is InChI=1S/C58H38N2/c59-58(42-17-2-1-3-18-42)60-55(41-31-29-40(30-32-41)45-28-14-20-38-15-4-7-21-44(38)45)36-35-50-48-24-10-12-26-51(48)57(52-27-13-11-25-49(50)52)56-47-23-9-6-19-43(47)37-54-46-22-8-5-16-39(46)33-34-53(54)56/h1-37,59H/b36-35+,59-58?,60-55?. The fourth-order valence-electron chi connectivity index (χ4n) is 9.14. The van der Waals surface area contributed by atoms with Crippen molar-refractivity contribution in [3.63, 3.8) is 0 Å². The summed E-state index contributed by atoms with van der Waals surface area (Å²) in [5.41, 5.74) is 8.36. The lowest BCUT2D eigenvalue weighted by molar-refractivity contribution is 1.41. The van der Waals surface area contributed by atoms with Gasteiger partial charge in [0.15, 0.2) is 5.84 Å². The average Bonchev–Trinajstić information content (AvgIpc) is 3.32. The molecule has 11 rings (SSSR count). The summed E-state index contributed by atoms with van der Waals surface area (Å²) in [6, 6.07) is 75.4. The van der Waals surface area contributed by atoms with E-state index in [0.29, 0.717) is 0 Å². The molecule has 60 heavy (non-hydrogen) atoms. The molecule has 0 amide bonds. The molecule has 0 saturated heterocycles. The summed E-state index contributed by atoms with van der Waals surface area (Å²) in [5, 5.41) is 23.7. The highest BCUT2D eigenvalue weighted by Gasteiger charge is 2.19. The molecule has 2 nitrogen and oxygen atoms in total. The number of aliphatic imine (C=N–C) groups is 1. The lowest BCUT2D eigenvalue weighted by Gasteiger charge is -2.20. The number of hydrogen-bond donors (Lipinski definition) is 1. The van der Waals surface area contributed by atoms with E-state index >= 15 is 0 Å². The topological polar surface area (TPSA) is 36.2 Å². The van der Waals surface area contributed by atoms with E-state index in [1.54, 1.807) is 0 Å². The molecular weight excluding hydrogens is 725 g/mol. The van der Waals surface area contributed by atoms with Gasteiger partial charge in [0.1, 0.15) is 0 Å². The third-order valence-electron chi connectivity index (χ3n) is 12.0. The van der Waals surface area contributed by atoms with Crippen LogP contribution in [0.2, 0.25) is 0 Å². The van der Waals surface area contributed by atoms with Crippen LogP contribution in [0.4, 0.5) is 0 Å². The first-order chi connectivity index (χ1) is 29.7. The van der Waals surface area contributed by atoms with Gasteiger partial charge in [-0.2, -0.15) is 0 Å². The average molecular weight is 763 g/mol. The monoisotopic (exact) mass is 762 g/mol. The molecule has 0 saturated carbocycles. The molecule has 0 atom stereocenters. The van der Waals surface area contributed by atoms with Crippen LogP contribution in [-0.2, 0) is 0 Å². The van der Waals surface area contributed by atoms with Crippen molar-refractivity contribution in [2.45, 2.75) is 0 Å². The Morgan fingerprint density at radius 1 is 0.367 bits per heavy atom. The molecule has 0 aromatic heterocycles. The predicted octanol–water partition coefficient (Wildman–Crippen LogP) is 15.5. The summed E-state index contributed by atoms with van der Waals surface area (Å²) in [6.07, 6.45) is 4.30. The highest BCUT2D eigenvalue weighted by molar-refractivity contribution is 6.28. The van der Waals surface area contributed by atoms with E-state index in [1.807, 2.05) is 30.3 Å². The molecule has 0 bridgehead atoms. The van der Waals surface area contributed by atoms with Gasteiger partial charge < -0.3 is 0 Å². The molecule has 0 aliphatic rings. The second kappa shape index (κ2) is 14.8. The number of amidine groups is 1. The SMILES string of the molecule is N=C(N=C(/C=C/c1c2ccccc2c(-c2c3ccccc3cc3c2ccc2ccccc23)c2ccccc12)c1ccc(-c2cccc3ccccc23)cc1)c1ccccc1. The quantitative estimate of drug-likeness (QED) is 0.0758. The second-order valence-electron chi connectivity index (χ2n) is 15.4. The minimum atomic E-state index is 0.216. The van der Waals surface area contributed by atoms with Gasteiger partial charge in [-0.3, -0.25) is 5.41 Å². The number of benzene rings is 11. The van der Waals surface area contributed by atoms with Crippen LogP contribution in [0.15, 0.2) is 223 Å². The van der Waals surface area contributed by atoms with Crippen molar-refractivity contribution in [3.8, 4) is 22.3 Å². The zero-order valence-corrected chi connectivity index (χ0v) is 32.8. The second-order valence-corrected chi connectivity index (χ2v) is 15.4. The van der Waals surface area contributed by atoms with Crippen LogP contribution in [0.5, 0.6) is 0 Å². The summed E-state index contributed by atoms with van der Waals surface area (Å²) >= 11 is 0. The van der Waals surface area contributed by atoms with Gasteiger partial charge in [0, 0.05) is 11.1 Å². The van der Waals surface area contributed by atoms with Crippen molar-refractivity contribution >= 4 is 82.3 Å². The van der Waals surface area contributed by atoms with Gasteiger partial charge in [-0.25, -0.2) is 4.99 Å². The minimum absolute atomic E-state index is 0.216. The Morgan fingerprint density at radius 3 is 1.58 bits per heavy atom. The molecule has 11 aromatic carbocycles. The lowest BCUT2D eigenvalue weighted by Crippen LogP contribution is -2.04. The summed E-state index contributed by atoms with van der Waals surface area (Å²) in [4.78, 5) is 5.02. The molecule has 0 radical (unpaired) electrons. The fourth-order valence-corrected chi connectivity index (χ4v) is 9.14. The van der Waals surface area contributed by atoms with Crippen LogP contribution in [0.1, 0.15) is 16.7 Å². The molecule has 1 N–H and O–H groups in total. The summed E-state index contributed by atoms with van der Waals surface area (Å²) < 4.78 is 0. The third-order valence-corrected chi connectivity index (χ3v) is 12.0. The van der Waals surface area contributed by atoms with Crippen molar-refractivity contribution in [2.24, 2.45) is 4.99 Å². The molecular formula is C58H38N2. The molecule has 0 fully saturated rings. The molecule has 0 spiro atoms. The Bertz CT molecular complexity index is 3480. The smallest absolute Gasteiger partial charge is 0.152 e. The maximum Gasteiger partial charge on any atom is 0.152 e. The Kier molecular flexibility index (Phi) is 8.68. The highest BCUT2D eigenvalue weighted by Crippen LogP contribution is 2.46. The van der Waals surface area contributed by atoms with Gasteiger partial charge in [0.2, 0.25) is 0 Å². The molecule has 0 aliphatic carbocycles. The van der Waals surface area contributed by atoms with Crippen LogP contribution >= 0.6 is 0 Å². The van der Waals surface area contributed by atoms with E-state index in [2.05, 4.69) is 194 Å². The first kappa shape index (κ1) is 35.2. The lowest BCUT2D eigenvalue weighted by atomic mass is 9.83. The van der Waals surface area contributed by atoms with Crippen LogP contribution < -0.4 is 0 Å². The molecule has 0 aliphatic heterocycles. The van der Waals surface area contributed by atoms with Gasteiger partial charge in [0.05, 0.1) is 5.71 Å². The summed E-state index contributed by atoms with van der Waals surface area (Å²) in [6.45, 7) is 0. The van der Waals surface area contributed by atoms with Crippen molar-refractivity contribution in [2.75, 3.05) is 0 Å². The van der Waals surface area contributed by atoms with Gasteiger partial charge in [-0.05, 0) is 105 Å². The first-order valence-electron chi connectivity index (χ1n) is 20.5. The predicted molar refractivity (Wildman–Crippen MR) is 258 cm³/mol. The zero-order chi connectivity index (χ0) is 40.0. The number of rotatable bonds is 6. The normalized spacial score (nSPS) is 12.1.